The van der Waals surface area contributed by atoms with Gasteiger partial charge in [0.05, 0.1) is 5.69 Å². The van der Waals surface area contributed by atoms with Crippen LogP contribution in [0.15, 0.2) is 34.8 Å². The van der Waals surface area contributed by atoms with Crippen LogP contribution in [0.2, 0.25) is 0 Å². The van der Waals surface area contributed by atoms with Crippen molar-refractivity contribution in [3.05, 3.63) is 51.8 Å². The molecular formula is C14H19BrN4. The normalized spacial score (nSPS) is 12.6. The Kier molecular flexibility index (Phi) is 4.74. The van der Waals surface area contributed by atoms with Gasteiger partial charge in [0.2, 0.25) is 0 Å². The summed E-state index contributed by atoms with van der Waals surface area (Å²) in [7, 11) is 1.97. The van der Waals surface area contributed by atoms with Gasteiger partial charge >= 0.3 is 0 Å². The molecule has 0 saturated heterocycles. The van der Waals surface area contributed by atoms with Crippen molar-refractivity contribution in [2.75, 3.05) is 0 Å². The fourth-order valence-corrected chi connectivity index (χ4v) is 2.67. The first kappa shape index (κ1) is 14.2. The molecule has 5 heteroatoms. The highest BCUT2D eigenvalue weighted by molar-refractivity contribution is 9.10. The highest BCUT2D eigenvalue weighted by Gasteiger charge is 2.13. The van der Waals surface area contributed by atoms with Crippen molar-refractivity contribution in [1.82, 2.24) is 15.2 Å². The minimum atomic E-state index is 0.188. The van der Waals surface area contributed by atoms with Crippen LogP contribution in [-0.2, 0) is 19.9 Å². The molecule has 1 aromatic carbocycles. The molecule has 2 aromatic rings. The van der Waals surface area contributed by atoms with Gasteiger partial charge in [-0.05, 0) is 31.0 Å². The van der Waals surface area contributed by atoms with Gasteiger partial charge in [0.15, 0.2) is 0 Å². The lowest BCUT2D eigenvalue weighted by Gasteiger charge is -2.16. The van der Waals surface area contributed by atoms with Crippen molar-refractivity contribution in [2.45, 2.75) is 25.8 Å². The Morgan fingerprint density at radius 1 is 1.37 bits per heavy atom. The molecule has 19 heavy (non-hydrogen) atoms. The van der Waals surface area contributed by atoms with Crippen molar-refractivity contribution >= 4 is 15.9 Å². The summed E-state index contributed by atoms with van der Waals surface area (Å²) in [6.45, 7) is 2.00. The van der Waals surface area contributed by atoms with E-state index in [1.807, 2.05) is 30.8 Å². The minimum absolute atomic E-state index is 0.188. The molecule has 0 fully saturated rings. The predicted molar refractivity (Wildman–Crippen MR) is 80.6 cm³/mol. The number of hydrogen-bond donors (Lipinski definition) is 2. The van der Waals surface area contributed by atoms with Gasteiger partial charge in [-0.15, -0.1) is 0 Å². The molecule has 3 N–H and O–H groups in total. The van der Waals surface area contributed by atoms with E-state index in [9.17, 15) is 0 Å². The van der Waals surface area contributed by atoms with Crippen LogP contribution in [0.3, 0.4) is 0 Å². The van der Waals surface area contributed by atoms with Crippen LogP contribution >= 0.6 is 15.9 Å². The van der Waals surface area contributed by atoms with Gasteiger partial charge in [0.25, 0.3) is 0 Å². The molecule has 1 heterocycles. The Morgan fingerprint density at radius 3 is 2.68 bits per heavy atom. The number of nitrogens with zero attached hydrogens (tertiary/aromatic N) is 2. The molecule has 4 nitrogen and oxygen atoms in total. The van der Waals surface area contributed by atoms with E-state index >= 15 is 0 Å². The van der Waals surface area contributed by atoms with Crippen LogP contribution in [-0.4, -0.2) is 15.8 Å². The van der Waals surface area contributed by atoms with Crippen molar-refractivity contribution in [3.63, 3.8) is 0 Å². The first-order chi connectivity index (χ1) is 9.10. The molecule has 2 rings (SSSR count). The van der Waals surface area contributed by atoms with Gasteiger partial charge in [-0.2, -0.15) is 5.10 Å². The van der Waals surface area contributed by atoms with E-state index < -0.39 is 0 Å². The standard InChI is InChI=1S/C14H19BrN4/c1-10-7-13(19(2)18-10)9-12(17-16)8-11-5-3-4-6-14(11)15/h3-7,12,17H,8-9,16H2,1-2H3. The van der Waals surface area contributed by atoms with Crippen LogP contribution in [0.5, 0.6) is 0 Å². The molecule has 0 aliphatic rings. The molecule has 0 radical (unpaired) electrons. The van der Waals surface area contributed by atoms with Crippen LogP contribution < -0.4 is 11.3 Å². The molecule has 0 amide bonds. The third-order valence-corrected chi connectivity index (χ3v) is 3.99. The molecule has 0 aliphatic carbocycles. The molecule has 0 spiro atoms. The number of aryl methyl sites for hydroxylation is 2. The third-order valence-electron chi connectivity index (χ3n) is 3.21. The Hall–Kier alpha value is -1.17. The summed E-state index contributed by atoms with van der Waals surface area (Å²) in [6.07, 6.45) is 1.73. The van der Waals surface area contributed by atoms with Gasteiger partial charge in [0, 0.05) is 29.7 Å². The van der Waals surface area contributed by atoms with Crippen LogP contribution in [0, 0.1) is 6.92 Å². The lowest BCUT2D eigenvalue weighted by molar-refractivity contribution is 0.504. The Labute approximate surface area is 122 Å². The maximum Gasteiger partial charge on any atom is 0.0596 e. The highest BCUT2D eigenvalue weighted by atomic mass is 79.9. The molecule has 1 unspecified atom stereocenters. The van der Waals surface area contributed by atoms with E-state index in [1.165, 1.54) is 11.3 Å². The van der Waals surface area contributed by atoms with E-state index in [0.717, 1.165) is 23.0 Å². The van der Waals surface area contributed by atoms with E-state index in [2.05, 4.69) is 44.7 Å². The summed E-state index contributed by atoms with van der Waals surface area (Å²) in [5.74, 6) is 5.68. The topological polar surface area (TPSA) is 55.9 Å². The highest BCUT2D eigenvalue weighted by Crippen LogP contribution is 2.18. The number of hydrogen-bond acceptors (Lipinski definition) is 3. The van der Waals surface area contributed by atoms with Gasteiger partial charge in [-0.1, -0.05) is 34.1 Å². The number of rotatable bonds is 5. The number of nitrogens with two attached hydrogens (primary N) is 1. The van der Waals surface area contributed by atoms with Crippen molar-refractivity contribution < 1.29 is 0 Å². The van der Waals surface area contributed by atoms with Crippen LogP contribution in [0.1, 0.15) is 17.0 Å². The summed E-state index contributed by atoms with van der Waals surface area (Å²) in [5.41, 5.74) is 6.38. The Bertz CT molecular complexity index is 550. The molecule has 0 saturated carbocycles. The zero-order valence-corrected chi connectivity index (χ0v) is 12.8. The van der Waals surface area contributed by atoms with Gasteiger partial charge in [-0.3, -0.25) is 16.0 Å². The predicted octanol–water partition coefficient (Wildman–Crippen LogP) is 2.11. The quantitative estimate of drug-likeness (QED) is 0.654. The van der Waals surface area contributed by atoms with Gasteiger partial charge in [-0.25, -0.2) is 0 Å². The lowest BCUT2D eigenvalue weighted by Crippen LogP contribution is -2.39. The second-order valence-electron chi connectivity index (χ2n) is 4.76. The monoisotopic (exact) mass is 322 g/mol. The molecule has 102 valence electrons. The Balaban J connectivity index is 2.09. The second-order valence-corrected chi connectivity index (χ2v) is 5.62. The average Bonchev–Trinajstić information content (AvgIpc) is 2.69. The lowest BCUT2D eigenvalue weighted by atomic mass is 10.0. The molecule has 1 atom stereocenters. The van der Waals surface area contributed by atoms with Gasteiger partial charge < -0.3 is 0 Å². The van der Waals surface area contributed by atoms with Crippen molar-refractivity contribution in [2.24, 2.45) is 12.9 Å². The summed E-state index contributed by atoms with van der Waals surface area (Å²) < 4.78 is 3.04. The van der Waals surface area contributed by atoms with Crippen LogP contribution in [0.25, 0.3) is 0 Å². The smallest absolute Gasteiger partial charge is 0.0596 e. The summed E-state index contributed by atoms with van der Waals surface area (Å²) in [4.78, 5) is 0. The summed E-state index contributed by atoms with van der Waals surface area (Å²) in [5, 5.41) is 4.36. The number of benzene rings is 1. The van der Waals surface area contributed by atoms with Crippen LogP contribution in [0.4, 0.5) is 0 Å². The maximum absolute atomic E-state index is 5.68. The SMILES string of the molecule is Cc1cc(CC(Cc2ccccc2Br)NN)n(C)n1. The van der Waals surface area contributed by atoms with E-state index in [4.69, 9.17) is 5.84 Å². The molecular weight excluding hydrogens is 304 g/mol. The first-order valence-electron chi connectivity index (χ1n) is 6.29. The molecule has 1 aromatic heterocycles. The number of halogens is 1. The number of aromatic nitrogens is 2. The van der Waals surface area contributed by atoms with E-state index in [0.29, 0.717) is 0 Å². The fraction of sp³-hybridized carbons (Fsp3) is 0.357. The minimum Gasteiger partial charge on any atom is -0.272 e. The first-order valence-corrected chi connectivity index (χ1v) is 7.08. The van der Waals surface area contributed by atoms with Crippen molar-refractivity contribution in [1.29, 1.82) is 0 Å². The largest absolute Gasteiger partial charge is 0.272 e. The summed E-state index contributed by atoms with van der Waals surface area (Å²) in [6, 6.07) is 10.5. The zero-order valence-electron chi connectivity index (χ0n) is 11.2. The fourth-order valence-electron chi connectivity index (χ4n) is 2.23. The maximum atomic E-state index is 5.68. The average molecular weight is 323 g/mol. The third kappa shape index (κ3) is 3.65. The molecule has 0 aliphatic heterocycles. The summed E-state index contributed by atoms with van der Waals surface area (Å²) >= 11 is 3.57. The zero-order chi connectivity index (χ0) is 13.8. The Morgan fingerprint density at radius 2 is 2.11 bits per heavy atom. The van der Waals surface area contributed by atoms with Gasteiger partial charge in [0.1, 0.15) is 0 Å². The number of hydrazine groups is 1. The second kappa shape index (κ2) is 6.32. The van der Waals surface area contributed by atoms with E-state index in [-0.39, 0.29) is 6.04 Å². The number of nitrogens with one attached hydrogen (secondary N) is 1. The molecule has 0 bridgehead atoms. The van der Waals surface area contributed by atoms with Crippen molar-refractivity contribution in [3.8, 4) is 0 Å². The van der Waals surface area contributed by atoms with E-state index in [1.54, 1.807) is 0 Å².